The molecule has 1 aliphatic heterocycles. The molecule has 3 aromatic heterocycles. The van der Waals surface area contributed by atoms with Crippen molar-refractivity contribution in [3.8, 4) is 5.88 Å². The average Bonchev–Trinajstić information content (AvgIpc) is 3.23. The molecule has 1 aliphatic rings. The van der Waals surface area contributed by atoms with E-state index in [0.717, 1.165) is 47.8 Å². The van der Waals surface area contributed by atoms with E-state index in [2.05, 4.69) is 15.1 Å². The molecule has 0 radical (unpaired) electrons. The first-order chi connectivity index (χ1) is 12.6. The summed E-state index contributed by atoms with van der Waals surface area (Å²) in [4.78, 5) is 23.8. The van der Waals surface area contributed by atoms with E-state index in [1.165, 1.54) is 11.3 Å². The quantitative estimate of drug-likeness (QED) is 0.705. The van der Waals surface area contributed by atoms with E-state index < -0.39 is 0 Å². The van der Waals surface area contributed by atoms with E-state index in [1.807, 2.05) is 37.1 Å². The van der Waals surface area contributed by atoms with Gasteiger partial charge in [0, 0.05) is 19.2 Å². The molecule has 0 aromatic carbocycles. The standard InChI is InChI=1S/C18H21N5O2S/c1-12-9-23-15(20-12)3-4-16(21-23)25-10-14-5-7-22(8-6-14)18(24)17-13(2)19-11-26-17/h3-4,9,11,14H,5-8,10H2,1-2H3. The normalized spacial score (nSPS) is 15.5. The first-order valence-electron chi connectivity index (χ1n) is 8.75. The van der Waals surface area contributed by atoms with Crippen LogP contribution in [0.3, 0.4) is 0 Å². The van der Waals surface area contributed by atoms with Crippen molar-refractivity contribution in [2.45, 2.75) is 26.7 Å². The van der Waals surface area contributed by atoms with Gasteiger partial charge in [-0.2, -0.15) is 0 Å². The SMILES string of the molecule is Cc1cn2nc(OCC3CCN(C(=O)c4scnc4C)CC3)ccc2n1. The Balaban J connectivity index is 1.30. The number of aromatic nitrogens is 4. The van der Waals surface area contributed by atoms with Gasteiger partial charge < -0.3 is 9.64 Å². The molecular weight excluding hydrogens is 350 g/mol. The Bertz CT molecular complexity index is 927. The summed E-state index contributed by atoms with van der Waals surface area (Å²) in [6.45, 7) is 5.97. The van der Waals surface area contributed by atoms with Gasteiger partial charge in [0.05, 0.1) is 29.7 Å². The lowest BCUT2D eigenvalue weighted by molar-refractivity contribution is 0.0662. The van der Waals surface area contributed by atoms with Crippen molar-refractivity contribution in [2.24, 2.45) is 5.92 Å². The monoisotopic (exact) mass is 371 g/mol. The van der Waals surface area contributed by atoms with Crippen LogP contribution in [0, 0.1) is 19.8 Å². The first kappa shape index (κ1) is 17.0. The molecule has 8 heteroatoms. The summed E-state index contributed by atoms with van der Waals surface area (Å²) >= 11 is 1.42. The van der Waals surface area contributed by atoms with Crippen molar-refractivity contribution in [3.05, 3.63) is 40.1 Å². The smallest absolute Gasteiger partial charge is 0.265 e. The van der Waals surface area contributed by atoms with Crippen LogP contribution in [0.25, 0.3) is 5.65 Å². The van der Waals surface area contributed by atoms with Crippen molar-refractivity contribution in [2.75, 3.05) is 19.7 Å². The number of rotatable bonds is 4. The second kappa shape index (κ2) is 7.03. The van der Waals surface area contributed by atoms with Gasteiger partial charge in [0.1, 0.15) is 4.88 Å². The lowest BCUT2D eigenvalue weighted by Gasteiger charge is -2.31. The van der Waals surface area contributed by atoms with E-state index >= 15 is 0 Å². The largest absolute Gasteiger partial charge is 0.476 e. The molecule has 0 aliphatic carbocycles. The zero-order valence-corrected chi connectivity index (χ0v) is 15.7. The van der Waals surface area contributed by atoms with Gasteiger partial charge in [-0.25, -0.2) is 14.5 Å². The Labute approximate surface area is 155 Å². The van der Waals surface area contributed by atoms with Crippen molar-refractivity contribution in [1.29, 1.82) is 0 Å². The van der Waals surface area contributed by atoms with Crippen molar-refractivity contribution in [1.82, 2.24) is 24.5 Å². The number of imidazole rings is 1. The summed E-state index contributed by atoms with van der Waals surface area (Å²) in [5.74, 6) is 1.14. The number of nitrogens with zero attached hydrogens (tertiary/aromatic N) is 5. The van der Waals surface area contributed by atoms with Gasteiger partial charge in [0.25, 0.3) is 5.91 Å². The zero-order valence-electron chi connectivity index (χ0n) is 14.9. The average molecular weight is 371 g/mol. The molecule has 136 valence electrons. The number of ether oxygens (including phenoxy) is 1. The molecule has 3 aromatic rings. The molecule has 0 atom stereocenters. The summed E-state index contributed by atoms with van der Waals surface area (Å²) in [5.41, 5.74) is 4.30. The minimum Gasteiger partial charge on any atom is -0.476 e. The molecule has 0 bridgehead atoms. The minimum atomic E-state index is 0.104. The third-order valence-electron chi connectivity index (χ3n) is 4.72. The summed E-state index contributed by atoms with van der Waals surface area (Å²) in [5, 5.41) is 4.43. The van der Waals surface area contributed by atoms with Crippen molar-refractivity contribution in [3.63, 3.8) is 0 Å². The Morgan fingerprint density at radius 2 is 2.12 bits per heavy atom. The van der Waals surface area contributed by atoms with Crippen LogP contribution in [0.5, 0.6) is 5.88 Å². The number of carbonyl (C=O) groups excluding carboxylic acids is 1. The lowest BCUT2D eigenvalue weighted by atomic mass is 9.97. The first-order valence-corrected chi connectivity index (χ1v) is 9.63. The Kier molecular flexibility index (Phi) is 4.58. The molecule has 0 saturated carbocycles. The maximum absolute atomic E-state index is 12.5. The third kappa shape index (κ3) is 3.41. The van der Waals surface area contributed by atoms with Crippen LogP contribution in [-0.2, 0) is 0 Å². The second-order valence-corrected chi connectivity index (χ2v) is 7.52. The van der Waals surface area contributed by atoms with Crippen LogP contribution in [0.15, 0.2) is 23.8 Å². The summed E-state index contributed by atoms with van der Waals surface area (Å²) in [6.07, 6.45) is 3.76. The molecule has 0 unspecified atom stereocenters. The topological polar surface area (TPSA) is 72.6 Å². The van der Waals surface area contributed by atoms with E-state index in [1.54, 1.807) is 10.0 Å². The molecule has 1 amide bonds. The predicted octanol–water partition coefficient (Wildman–Crippen LogP) is 2.73. The fourth-order valence-electron chi connectivity index (χ4n) is 3.22. The Morgan fingerprint density at radius 1 is 1.31 bits per heavy atom. The maximum Gasteiger partial charge on any atom is 0.265 e. The maximum atomic E-state index is 12.5. The molecule has 7 nitrogen and oxygen atoms in total. The van der Waals surface area contributed by atoms with Gasteiger partial charge in [-0.3, -0.25) is 4.79 Å². The van der Waals surface area contributed by atoms with Crippen LogP contribution in [0.2, 0.25) is 0 Å². The van der Waals surface area contributed by atoms with Crippen LogP contribution in [0.1, 0.15) is 33.9 Å². The van der Waals surface area contributed by atoms with Gasteiger partial charge in [-0.05, 0) is 38.7 Å². The highest BCUT2D eigenvalue weighted by atomic mass is 32.1. The number of hydrogen-bond donors (Lipinski definition) is 0. The van der Waals surface area contributed by atoms with E-state index in [-0.39, 0.29) is 5.91 Å². The second-order valence-electron chi connectivity index (χ2n) is 6.67. The molecule has 1 fully saturated rings. The number of fused-ring (bicyclic) bond motifs is 1. The highest BCUT2D eigenvalue weighted by molar-refractivity contribution is 7.11. The van der Waals surface area contributed by atoms with E-state index in [0.29, 0.717) is 18.4 Å². The van der Waals surface area contributed by atoms with Gasteiger partial charge in [0.15, 0.2) is 5.65 Å². The van der Waals surface area contributed by atoms with Crippen LogP contribution in [0.4, 0.5) is 0 Å². The van der Waals surface area contributed by atoms with Crippen LogP contribution < -0.4 is 4.74 Å². The van der Waals surface area contributed by atoms with E-state index in [4.69, 9.17) is 4.74 Å². The highest BCUT2D eigenvalue weighted by Gasteiger charge is 2.26. The molecule has 4 heterocycles. The van der Waals surface area contributed by atoms with Gasteiger partial charge in [0.2, 0.25) is 5.88 Å². The van der Waals surface area contributed by atoms with E-state index in [9.17, 15) is 4.79 Å². The molecule has 26 heavy (non-hydrogen) atoms. The summed E-state index contributed by atoms with van der Waals surface area (Å²) in [7, 11) is 0. The molecule has 0 N–H and O–H groups in total. The molecule has 4 rings (SSSR count). The van der Waals surface area contributed by atoms with Crippen molar-refractivity contribution >= 4 is 22.9 Å². The zero-order chi connectivity index (χ0) is 18.1. The number of amides is 1. The Hall–Kier alpha value is -2.48. The van der Waals surface area contributed by atoms with Crippen molar-refractivity contribution < 1.29 is 9.53 Å². The fourth-order valence-corrected chi connectivity index (χ4v) is 3.99. The number of carbonyl (C=O) groups is 1. The number of hydrogen-bond acceptors (Lipinski definition) is 6. The lowest BCUT2D eigenvalue weighted by Crippen LogP contribution is -2.39. The van der Waals surface area contributed by atoms with Gasteiger partial charge >= 0.3 is 0 Å². The fraction of sp³-hybridized carbons (Fsp3) is 0.444. The summed E-state index contributed by atoms with van der Waals surface area (Å²) < 4.78 is 7.62. The minimum absolute atomic E-state index is 0.104. The molecule has 0 spiro atoms. The van der Waals surface area contributed by atoms with Crippen LogP contribution >= 0.6 is 11.3 Å². The predicted molar refractivity (Wildman–Crippen MR) is 98.7 cm³/mol. The molecule has 1 saturated heterocycles. The van der Waals surface area contributed by atoms with Gasteiger partial charge in [-0.15, -0.1) is 16.4 Å². The number of likely N-dealkylation sites (tertiary alicyclic amines) is 1. The van der Waals surface area contributed by atoms with Crippen LogP contribution in [-0.4, -0.2) is 50.1 Å². The Morgan fingerprint density at radius 3 is 2.85 bits per heavy atom. The summed E-state index contributed by atoms with van der Waals surface area (Å²) in [6, 6.07) is 3.76. The number of thiazole rings is 1. The molecular formula is C18H21N5O2S. The third-order valence-corrected chi connectivity index (χ3v) is 5.64. The van der Waals surface area contributed by atoms with Gasteiger partial charge in [-0.1, -0.05) is 0 Å². The highest BCUT2D eigenvalue weighted by Crippen LogP contribution is 2.22. The number of piperidine rings is 1. The number of aryl methyl sites for hydroxylation is 2.